The number of nitrogens with zero attached hydrogens (tertiary/aromatic N) is 1. The molecule has 0 heterocycles. The molecular weight excluding hydrogens is 244 g/mol. The first-order chi connectivity index (χ1) is 9.33. The van der Waals surface area contributed by atoms with E-state index < -0.39 is 0 Å². The maximum absolute atomic E-state index is 3.64. The van der Waals surface area contributed by atoms with Crippen molar-refractivity contribution in [3.63, 3.8) is 0 Å². The Morgan fingerprint density at radius 3 is 2.10 bits per heavy atom. The Morgan fingerprint density at radius 2 is 1.70 bits per heavy atom. The fourth-order valence-corrected chi connectivity index (χ4v) is 2.93. The van der Waals surface area contributed by atoms with Crippen molar-refractivity contribution in [2.45, 2.75) is 57.5 Å². The highest BCUT2D eigenvalue weighted by Crippen LogP contribution is 2.35. The molecule has 0 unspecified atom stereocenters. The highest BCUT2D eigenvalue weighted by molar-refractivity contribution is 5.27. The summed E-state index contributed by atoms with van der Waals surface area (Å²) in [4.78, 5) is 2.40. The molecule has 1 aliphatic carbocycles. The van der Waals surface area contributed by atoms with E-state index in [2.05, 4.69) is 69.3 Å². The van der Waals surface area contributed by atoms with Crippen LogP contribution >= 0.6 is 0 Å². The van der Waals surface area contributed by atoms with Gasteiger partial charge in [0.25, 0.3) is 0 Å². The Kier molecular flexibility index (Phi) is 4.55. The molecule has 0 aliphatic heterocycles. The zero-order valence-corrected chi connectivity index (χ0v) is 13.8. The number of hydrogen-bond acceptors (Lipinski definition) is 2. The minimum Gasteiger partial charge on any atom is -0.311 e. The Morgan fingerprint density at radius 1 is 1.10 bits per heavy atom. The summed E-state index contributed by atoms with van der Waals surface area (Å²) in [7, 11) is 4.41. The van der Waals surface area contributed by atoms with Gasteiger partial charge in [0, 0.05) is 18.6 Å². The van der Waals surface area contributed by atoms with E-state index in [4.69, 9.17) is 0 Å². The monoisotopic (exact) mass is 274 g/mol. The zero-order valence-electron chi connectivity index (χ0n) is 13.8. The fraction of sp³-hybridized carbons (Fsp3) is 0.667. The summed E-state index contributed by atoms with van der Waals surface area (Å²) in [5, 5.41) is 3.64. The fourth-order valence-electron chi connectivity index (χ4n) is 2.93. The van der Waals surface area contributed by atoms with E-state index in [0.717, 1.165) is 13.1 Å². The highest BCUT2D eigenvalue weighted by Gasteiger charge is 2.38. The normalized spacial score (nSPS) is 18.1. The predicted molar refractivity (Wildman–Crippen MR) is 87.1 cm³/mol. The average Bonchev–Trinajstić information content (AvgIpc) is 2.31. The van der Waals surface area contributed by atoms with E-state index in [1.54, 1.807) is 0 Å². The van der Waals surface area contributed by atoms with Gasteiger partial charge in [-0.05, 0) is 49.9 Å². The standard InChI is InChI=1S/C18H30N2/c1-17(2,3)16-9-7-15(8-10-16)13-19-14-18(20(4)5)11-6-12-18/h7-10,19H,6,11-14H2,1-5H3. The third kappa shape index (κ3) is 3.42. The van der Waals surface area contributed by atoms with Gasteiger partial charge in [-0.25, -0.2) is 0 Å². The number of rotatable bonds is 5. The van der Waals surface area contributed by atoms with Gasteiger partial charge in [-0.3, -0.25) is 0 Å². The van der Waals surface area contributed by atoms with Crippen LogP contribution in [0, 0.1) is 0 Å². The van der Waals surface area contributed by atoms with Crippen LogP contribution in [0.15, 0.2) is 24.3 Å². The predicted octanol–water partition coefficient (Wildman–Crippen LogP) is 3.56. The van der Waals surface area contributed by atoms with Gasteiger partial charge in [-0.1, -0.05) is 45.0 Å². The van der Waals surface area contributed by atoms with Crippen molar-refractivity contribution in [2.24, 2.45) is 0 Å². The van der Waals surface area contributed by atoms with Gasteiger partial charge in [0.05, 0.1) is 0 Å². The van der Waals surface area contributed by atoms with Crippen LogP contribution in [-0.2, 0) is 12.0 Å². The van der Waals surface area contributed by atoms with Crippen LogP contribution in [0.3, 0.4) is 0 Å². The molecule has 2 heteroatoms. The molecule has 20 heavy (non-hydrogen) atoms. The quantitative estimate of drug-likeness (QED) is 0.883. The number of likely N-dealkylation sites (N-methyl/N-ethyl adjacent to an activating group) is 1. The molecule has 112 valence electrons. The Balaban J connectivity index is 1.86. The third-order valence-corrected chi connectivity index (χ3v) is 4.84. The molecule has 0 amide bonds. The molecular formula is C18H30N2. The van der Waals surface area contributed by atoms with Gasteiger partial charge < -0.3 is 10.2 Å². The summed E-state index contributed by atoms with van der Waals surface area (Å²) in [6.07, 6.45) is 4.03. The molecule has 2 nitrogen and oxygen atoms in total. The molecule has 0 bridgehead atoms. The second-order valence-electron chi connectivity index (χ2n) is 7.52. The SMILES string of the molecule is CN(C)C1(CNCc2ccc(C(C)(C)C)cc2)CCC1. The van der Waals surface area contributed by atoms with E-state index in [-0.39, 0.29) is 5.41 Å². The van der Waals surface area contributed by atoms with Crippen molar-refractivity contribution < 1.29 is 0 Å². The molecule has 1 aliphatic rings. The summed E-state index contributed by atoms with van der Waals surface area (Å²) < 4.78 is 0. The zero-order chi connectivity index (χ0) is 14.8. The average molecular weight is 274 g/mol. The third-order valence-electron chi connectivity index (χ3n) is 4.84. The second-order valence-corrected chi connectivity index (χ2v) is 7.52. The Hall–Kier alpha value is -0.860. The van der Waals surface area contributed by atoms with Crippen LogP contribution in [-0.4, -0.2) is 31.1 Å². The van der Waals surface area contributed by atoms with Crippen LogP contribution in [0.2, 0.25) is 0 Å². The smallest absolute Gasteiger partial charge is 0.0328 e. The van der Waals surface area contributed by atoms with Gasteiger partial charge >= 0.3 is 0 Å². The van der Waals surface area contributed by atoms with E-state index in [1.165, 1.54) is 30.4 Å². The Labute approximate surface area is 124 Å². The van der Waals surface area contributed by atoms with Crippen LogP contribution in [0.4, 0.5) is 0 Å². The van der Waals surface area contributed by atoms with Gasteiger partial charge in [0.2, 0.25) is 0 Å². The lowest BCUT2D eigenvalue weighted by Crippen LogP contribution is -2.56. The lowest BCUT2D eigenvalue weighted by atomic mass is 9.75. The lowest BCUT2D eigenvalue weighted by molar-refractivity contribution is 0.0598. The summed E-state index contributed by atoms with van der Waals surface area (Å²) in [6, 6.07) is 9.05. The minimum atomic E-state index is 0.243. The van der Waals surface area contributed by atoms with E-state index >= 15 is 0 Å². The maximum Gasteiger partial charge on any atom is 0.0328 e. The largest absolute Gasteiger partial charge is 0.311 e. The number of nitrogens with one attached hydrogen (secondary N) is 1. The second kappa shape index (κ2) is 5.87. The molecule has 0 atom stereocenters. The molecule has 1 aromatic rings. The molecule has 1 N–H and O–H groups in total. The molecule has 0 spiro atoms. The summed E-state index contributed by atoms with van der Waals surface area (Å²) in [5.41, 5.74) is 3.44. The van der Waals surface area contributed by atoms with Crippen LogP contribution in [0.1, 0.15) is 51.2 Å². The number of benzene rings is 1. The van der Waals surface area contributed by atoms with Crippen LogP contribution in [0.5, 0.6) is 0 Å². The first kappa shape index (κ1) is 15.5. The van der Waals surface area contributed by atoms with E-state index in [9.17, 15) is 0 Å². The van der Waals surface area contributed by atoms with Crippen molar-refractivity contribution in [3.8, 4) is 0 Å². The van der Waals surface area contributed by atoms with Crippen molar-refractivity contribution in [1.29, 1.82) is 0 Å². The van der Waals surface area contributed by atoms with Crippen LogP contribution < -0.4 is 5.32 Å². The molecule has 0 saturated heterocycles. The van der Waals surface area contributed by atoms with Crippen molar-refractivity contribution in [2.75, 3.05) is 20.6 Å². The topological polar surface area (TPSA) is 15.3 Å². The van der Waals surface area contributed by atoms with Crippen molar-refractivity contribution >= 4 is 0 Å². The first-order valence-electron chi connectivity index (χ1n) is 7.81. The molecule has 1 aromatic carbocycles. The van der Waals surface area contributed by atoms with E-state index in [0.29, 0.717) is 5.54 Å². The lowest BCUT2D eigenvalue weighted by Gasteiger charge is -2.47. The van der Waals surface area contributed by atoms with E-state index in [1.807, 2.05) is 0 Å². The summed E-state index contributed by atoms with van der Waals surface area (Å²) >= 11 is 0. The van der Waals surface area contributed by atoms with Gasteiger partial charge in [0.1, 0.15) is 0 Å². The molecule has 2 rings (SSSR count). The molecule has 0 aromatic heterocycles. The van der Waals surface area contributed by atoms with Gasteiger partial charge in [0.15, 0.2) is 0 Å². The first-order valence-corrected chi connectivity index (χ1v) is 7.81. The molecule has 1 fully saturated rings. The van der Waals surface area contributed by atoms with Gasteiger partial charge in [-0.15, -0.1) is 0 Å². The summed E-state index contributed by atoms with van der Waals surface area (Å²) in [5.74, 6) is 0. The maximum atomic E-state index is 3.64. The molecule has 1 saturated carbocycles. The van der Waals surface area contributed by atoms with Crippen molar-refractivity contribution in [3.05, 3.63) is 35.4 Å². The minimum absolute atomic E-state index is 0.243. The summed E-state index contributed by atoms with van der Waals surface area (Å²) in [6.45, 7) is 8.86. The van der Waals surface area contributed by atoms with Crippen LogP contribution in [0.25, 0.3) is 0 Å². The van der Waals surface area contributed by atoms with Crippen molar-refractivity contribution in [1.82, 2.24) is 10.2 Å². The highest BCUT2D eigenvalue weighted by atomic mass is 15.2. The number of hydrogen-bond donors (Lipinski definition) is 1. The Bertz CT molecular complexity index is 422. The molecule has 0 radical (unpaired) electrons. The van der Waals surface area contributed by atoms with Gasteiger partial charge in [-0.2, -0.15) is 0 Å².